The molecule has 1 aliphatic carbocycles. The third kappa shape index (κ3) is 6.09. The summed E-state index contributed by atoms with van der Waals surface area (Å²) in [5.41, 5.74) is 2.64. The van der Waals surface area contributed by atoms with E-state index in [4.69, 9.17) is 9.73 Å². The zero-order valence-electron chi connectivity index (χ0n) is 18.7. The predicted molar refractivity (Wildman–Crippen MR) is 128 cm³/mol. The Morgan fingerprint density at radius 2 is 2.03 bits per heavy atom. The summed E-state index contributed by atoms with van der Waals surface area (Å²) in [6.07, 6.45) is 5.98. The van der Waals surface area contributed by atoms with Gasteiger partial charge in [0.1, 0.15) is 5.75 Å². The number of thioether (sulfide) groups is 1. The quantitative estimate of drug-likeness (QED) is 0.522. The van der Waals surface area contributed by atoms with Gasteiger partial charge in [0.05, 0.1) is 6.61 Å². The Hall–Kier alpha value is -1.89. The molecule has 4 rings (SSSR count). The molecule has 6 nitrogen and oxygen atoms in total. The lowest BCUT2D eigenvalue weighted by molar-refractivity contribution is -0.136. The lowest BCUT2D eigenvalue weighted by Gasteiger charge is -2.34. The number of hydrogen-bond acceptors (Lipinski definition) is 4. The number of nitrogens with zero attached hydrogens (tertiary/aromatic N) is 2. The second kappa shape index (κ2) is 11.1. The van der Waals surface area contributed by atoms with Gasteiger partial charge >= 0.3 is 0 Å². The Balaban J connectivity index is 1.24. The molecular formula is C24H36N4O2S. The molecule has 1 aromatic rings. The van der Waals surface area contributed by atoms with Gasteiger partial charge in [0.2, 0.25) is 5.91 Å². The molecule has 170 valence electrons. The number of guanidine groups is 1. The van der Waals surface area contributed by atoms with Crippen molar-refractivity contribution in [2.75, 3.05) is 44.3 Å². The van der Waals surface area contributed by atoms with Gasteiger partial charge in [0.25, 0.3) is 0 Å². The van der Waals surface area contributed by atoms with Crippen molar-refractivity contribution in [3.8, 4) is 5.75 Å². The van der Waals surface area contributed by atoms with E-state index in [2.05, 4.69) is 40.7 Å². The van der Waals surface area contributed by atoms with Gasteiger partial charge in [-0.3, -0.25) is 9.79 Å². The van der Waals surface area contributed by atoms with Crippen molar-refractivity contribution in [3.05, 3.63) is 29.3 Å². The topological polar surface area (TPSA) is 66.0 Å². The van der Waals surface area contributed by atoms with E-state index < -0.39 is 0 Å². The number of carbonyl (C=O) groups is 1. The molecule has 31 heavy (non-hydrogen) atoms. The van der Waals surface area contributed by atoms with E-state index in [0.717, 1.165) is 94.5 Å². The summed E-state index contributed by atoms with van der Waals surface area (Å²) in [5, 5.41) is 7.00. The molecule has 1 aromatic carbocycles. The first-order valence-corrected chi connectivity index (χ1v) is 13.0. The maximum atomic E-state index is 12.8. The number of rotatable bonds is 6. The van der Waals surface area contributed by atoms with Crippen LogP contribution >= 0.6 is 11.8 Å². The van der Waals surface area contributed by atoms with E-state index in [1.165, 1.54) is 11.1 Å². The van der Waals surface area contributed by atoms with Crippen LogP contribution in [0.25, 0.3) is 0 Å². The fraction of sp³-hybridized carbons (Fsp3) is 0.667. The zero-order chi connectivity index (χ0) is 21.5. The monoisotopic (exact) mass is 444 g/mol. The van der Waals surface area contributed by atoms with Crippen molar-refractivity contribution in [1.29, 1.82) is 0 Å². The summed E-state index contributed by atoms with van der Waals surface area (Å²) in [4.78, 5) is 19.7. The first kappa shape index (κ1) is 22.3. The summed E-state index contributed by atoms with van der Waals surface area (Å²) in [7, 11) is 0. The van der Waals surface area contributed by atoms with E-state index in [1.54, 1.807) is 0 Å². The van der Waals surface area contributed by atoms with E-state index in [1.807, 2.05) is 11.8 Å². The van der Waals surface area contributed by atoms with Gasteiger partial charge in [-0.2, -0.15) is 11.8 Å². The second-order valence-electron chi connectivity index (χ2n) is 8.68. The van der Waals surface area contributed by atoms with Gasteiger partial charge in [-0.15, -0.1) is 0 Å². The van der Waals surface area contributed by atoms with Crippen molar-refractivity contribution in [2.45, 2.75) is 51.5 Å². The highest BCUT2D eigenvalue weighted by Gasteiger charge is 2.30. The highest BCUT2D eigenvalue weighted by molar-refractivity contribution is 7.99. The molecule has 1 amide bonds. The van der Waals surface area contributed by atoms with Gasteiger partial charge < -0.3 is 20.3 Å². The fourth-order valence-electron chi connectivity index (χ4n) is 4.73. The van der Waals surface area contributed by atoms with E-state index in [-0.39, 0.29) is 5.92 Å². The van der Waals surface area contributed by atoms with Crippen molar-refractivity contribution in [1.82, 2.24) is 15.5 Å². The Morgan fingerprint density at radius 3 is 2.81 bits per heavy atom. The number of carbonyl (C=O) groups excluding carboxylic acids is 1. The molecule has 2 N–H and O–H groups in total. The lowest BCUT2D eigenvalue weighted by atomic mass is 9.85. The van der Waals surface area contributed by atoms with Gasteiger partial charge in [0, 0.05) is 56.1 Å². The van der Waals surface area contributed by atoms with Gasteiger partial charge in [-0.05, 0) is 56.2 Å². The molecule has 2 fully saturated rings. The Labute approximate surface area is 190 Å². The smallest absolute Gasteiger partial charge is 0.225 e. The van der Waals surface area contributed by atoms with Crippen LogP contribution < -0.4 is 15.4 Å². The molecule has 0 radical (unpaired) electrons. The lowest BCUT2D eigenvalue weighted by Crippen LogP contribution is -2.47. The van der Waals surface area contributed by atoms with E-state index in [9.17, 15) is 4.79 Å². The molecule has 0 unspecified atom stereocenters. The maximum absolute atomic E-state index is 12.8. The number of fused-ring (bicyclic) bond motifs is 1. The number of amides is 1. The van der Waals surface area contributed by atoms with Crippen molar-refractivity contribution >= 4 is 23.6 Å². The number of ether oxygens (including phenoxy) is 1. The molecule has 3 aliphatic rings. The van der Waals surface area contributed by atoms with Crippen LogP contribution in [0.4, 0.5) is 0 Å². The molecule has 2 heterocycles. The largest absolute Gasteiger partial charge is 0.493 e. The Bertz CT molecular complexity index is 771. The van der Waals surface area contributed by atoms with Crippen LogP contribution in [-0.4, -0.2) is 67.1 Å². The minimum absolute atomic E-state index is 0.212. The van der Waals surface area contributed by atoms with E-state index in [0.29, 0.717) is 11.9 Å². The number of nitrogens with one attached hydrogen (secondary N) is 2. The van der Waals surface area contributed by atoms with Crippen LogP contribution in [0, 0.1) is 5.92 Å². The molecule has 0 aromatic heterocycles. The maximum Gasteiger partial charge on any atom is 0.225 e. The summed E-state index contributed by atoms with van der Waals surface area (Å²) in [6.45, 7) is 6.37. The highest BCUT2D eigenvalue weighted by atomic mass is 32.2. The Morgan fingerprint density at radius 1 is 1.23 bits per heavy atom. The third-order valence-corrected chi connectivity index (χ3v) is 7.45. The standard InChI is InChI=1S/C24H36N4O2S/c1-2-25-24(26-11-9-18-3-8-22-20(17-18)10-14-30-22)27-21-6-4-19(5-7-21)23(29)28-12-15-31-16-13-28/h3,8,17,19,21H,2,4-7,9-16H2,1H3,(H2,25,26,27). The van der Waals surface area contributed by atoms with Gasteiger partial charge in [-0.1, -0.05) is 12.1 Å². The zero-order valence-corrected chi connectivity index (χ0v) is 19.5. The molecule has 1 saturated heterocycles. The molecule has 0 bridgehead atoms. The normalized spacial score (nSPS) is 23.8. The summed E-state index contributed by atoms with van der Waals surface area (Å²) >= 11 is 1.95. The van der Waals surface area contributed by atoms with Crippen LogP contribution in [-0.2, 0) is 17.6 Å². The van der Waals surface area contributed by atoms with Gasteiger partial charge in [-0.25, -0.2) is 0 Å². The molecule has 0 spiro atoms. The molecule has 7 heteroatoms. The minimum Gasteiger partial charge on any atom is -0.493 e. The van der Waals surface area contributed by atoms with Crippen LogP contribution in [0.1, 0.15) is 43.7 Å². The minimum atomic E-state index is 0.212. The highest BCUT2D eigenvalue weighted by Crippen LogP contribution is 2.27. The summed E-state index contributed by atoms with van der Waals surface area (Å²) in [6, 6.07) is 6.90. The first-order chi connectivity index (χ1) is 15.2. The third-order valence-electron chi connectivity index (χ3n) is 6.51. The average molecular weight is 445 g/mol. The van der Waals surface area contributed by atoms with Crippen LogP contribution in [0.15, 0.2) is 23.2 Å². The Kier molecular flexibility index (Phi) is 8.00. The molecule has 1 saturated carbocycles. The number of benzene rings is 1. The first-order valence-electron chi connectivity index (χ1n) is 11.9. The molecular weight excluding hydrogens is 408 g/mol. The van der Waals surface area contributed by atoms with Crippen molar-refractivity contribution in [3.63, 3.8) is 0 Å². The molecule has 2 aliphatic heterocycles. The van der Waals surface area contributed by atoms with Gasteiger partial charge in [0.15, 0.2) is 5.96 Å². The predicted octanol–water partition coefficient (Wildman–Crippen LogP) is 2.85. The molecule has 0 atom stereocenters. The number of aliphatic imine (C=N–C) groups is 1. The fourth-order valence-corrected chi connectivity index (χ4v) is 5.64. The van der Waals surface area contributed by atoms with Crippen LogP contribution in [0.5, 0.6) is 5.75 Å². The summed E-state index contributed by atoms with van der Waals surface area (Å²) in [5.74, 6) is 4.71. The van der Waals surface area contributed by atoms with Crippen molar-refractivity contribution < 1.29 is 9.53 Å². The van der Waals surface area contributed by atoms with Crippen LogP contribution in [0.2, 0.25) is 0 Å². The summed E-state index contributed by atoms with van der Waals surface area (Å²) < 4.78 is 5.60. The van der Waals surface area contributed by atoms with Crippen molar-refractivity contribution in [2.24, 2.45) is 10.9 Å². The van der Waals surface area contributed by atoms with Crippen LogP contribution in [0.3, 0.4) is 0 Å². The average Bonchev–Trinajstić information content (AvgIpc) is 3.28. The second-order valence-corrected chi connectivity index (χ2v) is 9.91. The van der Waals surface area contributed by atoms with E-state index >= 15 is 0 Å². The number of hydrogen-bond donors (Lipinski definition) is 2. The SMILES string of the molecule is CCNC(=NCCc1ccc2c(c1)CCO2)NC1CCC(C(=O)N2CCSCC2)CC1.